The van der Waals surface area contributed by atoms with Crippen LogP contribution in [0.2, 0.25) is 0 Å². The molecule has 0 bridgehead atoms. The van der Waals surface area contributed by atoms with Gasteiger partial charge >= 0.3 is 0 Å². The van der Waals surface area contributed by atoms with E-state index in [2.05, 4.69) is 9.72 Å². The Balaban J connectivity index is 2.45. The molecule has 1 aromatic carbocycles. The van der Waals surface area contributed by atoms with Gasteiger partial charge in [-0.3, -0.25) is 0 Å². The van der Waals surface area contributed by atoms with E-state index < -0.39 is 13.0 Å². The van der Waals surface area contributed by atoms with Gasteiger partial charge in [0.15, 0.2) is 0 Å². The van der Waals surface area contributed by atoms with E-state index in [1.165, 1.54) is 12.1 Å². The highest BCUT2D eigenvalue weighted by Gasteiger charge is 2.07. The molecule has 0 spiro atoms. The van der Waals surface area contributed by atoms with Gasteiger partial charge in [-0.25, -0.2) is 0 Å². The summed E-state index contributed by atoms with van der Waals surface area (Å²) in [7, 11) is -2.71. The minimum atomic E-state index is -2.71. The van der Waals surface area contributed by atoms with Crippen molar-refractivity contribution >= 4 is 0 Å². The van der Waals surface area contributed by atoms with Crippen LogP contribution in [0.5, 0.6) is 11.6 Å². The molecule has 16 heavy (non-hydrogen) atoms. The van der Waals surface area contributed by atoms with E-state index in [-0.39, 0.29) is 17.2 Å². The van der Waals surface area contributed by atoms with Crippen molar-refractivity contribution < 1.29 is 18.3 Å². The minimum absolute atomic E-state index is 0.0482. The van der Waals surface area contributed by atoms with Crippen LogP contribution < -0.4 is 4.74 Å². The fraction of sp³-hybridized carbons (Fsp3) is 0.0833. The number of nitrogens with zero attached hydrogens (tertiary/aromatic N) is 1. The fourth-order valence-electron chi connectivity index (χ4n) is 1.40. The van der Waals surface area contributed by atoms with E-state index in [1.54, 1.807) is 18.2 Å². The predicted molar refractivity (Wildman–Crippen MR) is 57.8 cm³/mol. The first-order valence-electron chi connectivity index (χ1n) is 6.00. The maximum atomic E-state index is 13.4. The van der Waals surface area contributed by atoms with E-state index in [9.17, 15) is 9.50 Å². The summed E-state index contributed by atoms with van der Waals surface area (Å²) >= 11 is 0. The summed E-state index contributed by atoms with van der Waals surface area (Å²) in [5.74, 6) is -1.30. The lowest BCUT2D eigenvalue weighted by molar-refractivity contribution is 0.388. The number of aromatic hydroxyl groups is 1. The number of phenolic OH excluding ortho intramolecular Hbond substituents is 1. The quantitative estimate of drug-likeness (QED) is 0.794. The SMILES string of the molecule is [2H]C([2H])([2H])Oc1cc(-c2ccccc2O)cc(F)n1. The Kier molecular flexibility index (Phi) is 1.89. The van der Waals surface area contributed by atoms with Gasteiger partial charge in [0.05, 0.1) is 11.2 Å². The summed E-state index contributed by atoms with van der Waals surface area (Å²) in [5, 5.41) is 9.68. The predicted octanol–water partition coefficient (Wildman–Crippen LogP) is 2.60. The highest BCUT2D eigenvalue weighted by molar-refractivity contribution is 5.70. The summed E-state index contributed by atoms with van der Waals surface area (Å²) in [4.78, 5) is 3.34. The maximum Gasteiger partial charge on any atom is 0.216 e. The van der Waals surface area contributed by atoms with Crippen molar-refractivity contribution in [3.63, 3.8) is 0 Å². The molecule has 0 radical (unpaired) electrons. The molecule has 0 atom stereocenters. The number of para-hydroxylation sites is 1. The lowest BCUT2D eigenvalue weighted by atomic mass is 10.1. The van der Waals surface area contributed by atoms with Crippen molar-refractivity contribution in [1.82, 2.24) is 4.98 Å². The molecule has 3 nitrogen and oxygen atoms in total. The molecular formula is C12H10FNO2. The topological polar surface area (TPSA) is 42.4 Å². The van der Waals surface area contributed by atoms with Crippen LogP contribution in [-0.4, -0.2) is 17.1 Å². The van der Waals surface area contributed by atoms with E-state index in [1.807, 2.05) is 0 Å². The molecule has 1 heterocycles. The number of hydrogen-bond acceptors (Lipinski definition) is 3. The number of halogens is 1. The average molecular weight is 222 g/mol. The van der Waals surface area contributed by atoms with Gasteiger partial charge < -0.3 is 9.84 Å². The Hall–Kier alpha value is -2.10. The molecule has 0 aliphatic carbocycles. The number of hydrogen-bond donors (Lipinski definition) is 1. The molecule has 82 valence electrons. The van der Waals surface area contributed by atoms with Gasteiger partial charge in [0.25, 0.3) is 0 Å². The largest absolute Gasteiger partial charge is 0.507 e. The zero-order valence-corrected chi connectivity index (χ0v) is 8.14. The number of methoxy groups -OCH3 is 1. The molecule has 0 saturated heterocycles. The van der Waals surface area contributed by atoms with E-state index >= 15 is 0 Å². The molecule has 0 aliphatic rings. The molecule has 0 saturated carbocycles. The Morgan fingerprint density at radius 2 is 2.19 bits per heavy atom. The van der Waals surface area contributed by atoms with Gasteiger partial charge in [-0.1, -0.05) is 18.2 Å². The van der Waals surface area contributed by atoms with Crippen LogP contribution in [0, 0.1) is 5.95 Å². The lowest BCUT2D eigenvalue weighted by Gasteiger charge is -2.06. The maximum absolute atomic E-state index is 13.4. The second kappa shape index (κ2) is 4.18. The Morgan fingerprint density at radius 1 is 1.38 bits per heavy atom. The second-order valence-electron chi connectivity index (χ2n) is 3.14. The van der Waals surface area contributed by atoms with Crippen LogP contribution in [0.3, 0.4) is 0 Å². The van der Waals surface area contributed by atoms with Crippen LogP contribution >= 0.6 is 0 Å². The molecule has 0 aliphatic heterocycles. The Labute approximate surface area is 96.4 Å². The first kappa shape index (κ1) is 7.22. The zero-order chi connectivity index (χ0) is 14.0. The van der Waals surface area contributed by atoms with Crippen LogP contribution in [0.15, 0.2) is 36.4 Å². The summed E-state index contributed by atoms with van der Waals surface area (Å²) in [6, 6.07) is 8.64. The van der Waals surface area contributed by atoms with Gasteiger partial charge in [0.2, 0.25) is 11.8 Å². The Morgan fingerprint density at radius 3 is 2.94 bits per heavy atom. The second-order valence-corrected chi connectivity index (χ2v) is 3.14. The Bertz CT molecular complexity index is 602. The smallest absolute Gasteiger partial charge is 0.216 e. The van der Waals surface area contributed by atoms with Crippen molar-refractivity contribution in [2.45, 2.75) is 0 Å². The van der Waals surface area contributed by atoms with E-state index in [4.69, 9.17) is 4.11 Å². The number of aromatic nitrogens is 1. The van der Waals surface area contributed by atoms with Crippen molar-refractivity contribution in [3.8, 4) is 22.8 Å². The molecule has 0 fully saturated rings. The third-order valence-corrected chi connectivity index (χ3v) is 2.09. The number of ether oxygens (including phenoxy) is 1. The molecule has 0 unspecified atom stereocenters. The zero-order valence-electron chi connectivity index (χ0n) is 11.1. The van der Waals surface area contributed by atoms with Crippen molar-refractivity contribution in [2.75, 3.05) is 7.04 Å². The van der Waals surface area contributed by atoms with Gasteiger partial charge in [-0.2, -0.15) is 9.37 Å². The van der Waals surface area contributed by atoms with Gasteiger partial charge in [-0.05, 0) is 11.6 Å². The van der Waals surface area contributed by atoms with Crippen LogP contribution in [-0.2, 0) is 0 Å². The number of phenols is 1. The number of pyridine rings is 1. The van der Waals surface area contributed by atoms with Gasteiger partial charge in [-0.15, -0.1) is 0 Å². The molecule has 1 aromatic heterocycles. The molecular weight excluding hydrogens is 209 g/mol. The van der Waals surface area contributed by atoms with Gasteiger partial charge in [0.1, 0.15) is 5.75 Å². The monoisotopic (exact) mass is 222 g/mol. The summed E-state index contributed by atoms with van der Waals surface area (Å²) in [6.07, 6.45) is 0. The van der Waals surface area contributed by atoms with E-state index in [0.717, 1.165) is 6.07 Å². The average Bonchev–Trinajstić information content (AvgIpc) is 2.26. The molecule has 2 aromatic rings. The fourth-order valence-corrected chi connectivity index (χ4v) is 1.40. The number of benzene rings is 1. The first-order valence-corrected chi connectivity index (χ1v) is 4.50. The van der Waals surface area contributed by atoms with Crippen LogP contribution in [0.4, 0.5) is 4.39 Å². The third kappa shape index (κ3) is 1.95. The van der Waals surface area contributed by atoms with Crippen molar-refractivity contribution in [2.24, 2.45) is 0 Å². The molecule has 0 amide bonds. The minimum Gasteiger partial charge on any atom is -0.507 e. The molecule has 1 N–H and O–H groups in total. The normalized spacial score (nSPS) is 13.7. The summed E-state index contributed by atoms with van der Waals surface area (Å²) in [5.41, 5.74) is 0.643. The van der Waals surface area contributed by atoms with Crippen molar-refractivity contribution in [1.29, 1.82) is 0 Å². The lowest BCUT2D eigenvalue weighted by Crippen LogP contribution is -1.92. The highest BCUT2D eigenvalue weighted by atomic mass is 19.1. The third-order valence-electron chi connectivity index (χ3n) is 2.09. The standard InChI is InChI=1S/C12H10FNO2/c1-16-12-7-8(6-11(13)14-12)9-4-2-3-5-10(9)15/h2-7,15H,1H3/i1D3. The summed E-state index contributed by atoms with van der Waals surface area (Å²) < 4.78 is 38.8. The van der Waals surface area contributed by atoms with E-state index in [0.29, 0.717) is 5.56 Å². The van der Waals surface area contributed by atoms with Crippen LogP contribution in [0.1, 0.15) is 4.11 Å². The first-order chi connectivity index (χ1) is 8.85. The van der Waals surface area contributed by atoms with Crippen LogP contribution in [0.25, 0.3) is 11.1 Å². The highest BCUT2D eigenvalue weighted by Crippen LogP contribution is 2.30. The van der Waals surface area contributed by atoms with Crippen molar-refractivity contribution in [3.05, 3.63) is 42.3 Å². The molecule has 2 rings (SSSR count). The summed E-state index contributed by atoms with van der Waals surface area (Å²) in [6.45, 7) is 0. The number of rotatable bonds is 2. The van der Waals surface area contributed by atoms with Gasteiger partial charge in [0, 0.05) is 17.7 Å². The molecule has 4 heteroatoms.